The van der Waals surface area contributed by atoms with Crippen LogP contribution in [-0.4, -0.2) is 23.8 Å². The molecule has 5 nitrogen and oxygen atoms in total. The highest BCUT2D eigenvalue weighted by Crippen LogP contribution is 2.17. The first-order valence-electron chi connectivity index (χ1n) is 7.69. The molecule has 0 bridgehead atoms. The van der Waals surface area contributed by atoms with E-state index in [9.17, 15) is 9.59 Å². The largest absolute Gasteiger partial charge is 0.481 e. The standard InChI is InChI=1S/C20H16N2O3/c1-25-18-12-11-15(13-21-18)22-20(24)17-10-6-5-9-16(17)19(23)14-7-3-2-4-8-14/h2-13H,1H3,(H,22,24). The van der Waals surface area contributed by atoms with E-state index in [2.05, 4.69) is 10.3 Å². The number of ketones is 1. The van der Waals surface area contributed by atoms with Gasteiger partial charge in [0.1, 0.15) is 0 Å². The highest BCUT2D eigenvalue weighted by atomic mass is 16.5. The van der Waals surface area contributed by atoms with E-state index in [0.717, 1.165) is 0 Å². The number of carbonyl (C=O) groups excluding carboxylic acids is 2. The Kier molecular flexibility index (Phi) is 4.85. The van der Waals surface area contributed by atoms with E-state index in [1.165, 1.54) is 13.3 Å². The summed E-state index contributed by atoms with van der Waals surface area (Å²) in [5.74, 6) is -0.108. The molecule has 0 atom stereocenters. The minimum Gasteiger partial charge on any atom is -0.481 e. The van der Waals surface area contributed by atoms with E-state index in [1.54, 1.807) is 60.7 Å². The van der Waals surface area contributed by atoms with Crippen molar-refractivity contribution in [1.82, 2.24) is 4.98 Å². The Labute approximate surface area is 145 Å². The molecule has 0 saturated heterocycles. The molecular formula is C20H16N2O3. The second-order valence-corrected chi connectivity index (χ2v) is 5.28. The van der Waals surface area contributed by atoms with Gasteiger partial charge in [0.25, 0.3) is 5.91 Å². The quantitative estimate of drug-likeness (QED) is 0.725. The minimum absolute atomic E-state index is 0.195. The number of hydrogen-bond donors (Lipinski definition) is 1. The highest BCUT2D eigenvalue weighted by Gasteiger charge is 2.18. The van der Waals surface area contributed by atoms with Gasteiger partial charge in [-0.25, -0.2) is 4.98 Å². The van der Waals surface area contributed by atoms with Gasteiger partial charge in [-0.05, 0) is 12.1 Å². The molecule has 124 valence electrons. The van der Waals surface area contributed by atoms with Gasteiger partial charge in [0, 0.05) is 17.2 Å². The molecular weight excluding hydrogens is 316 g/mol. The van der Waals surface area contributed by atoms with Crippen LogP contribution in [0.2, 0.25) is 0 Å². The molecule has 0 aliphatic carbocycles. The smallest absolute Gasteiger partial charge is 0.256 e. The summed E-state index contributed by atoms with van der Waals surface area (Å²) in [5, 5.41) is 2.75. The van der Waals surface area contributed by atoms with Gasteiger partial charge < -0.3 is 10.1 Å². The average molecular weight is 332 g/mol. The Morgan fingerprint density at radius 3 is 2.20 bits per heavy atom. The maximum Gasteiger partial charge on any atom is 0.256 e. The first-order chi connectivity index (χ1) is 12.2. The SMILES string of the molecule is COc1ccc(NC(=O)c2ccccc2C(=O)c2ccccc2)cn1. The zero-order valence-corrected chi connectivity index (χ0v) is 13.6. The summed E-state index contributed by atoms with van der Waals surface area (Å²) < 4.78 is 4.99. The number of anilines is 1. The van der Waals surface area contributed by atoms with Crippen LogP contribution in [0.3, 0.4) is 0 Å². The fourth-order valence-electron chi connectivity index (χ4n) is 2.40. The van der Waals surface area contributed by atoms with Crippen LogP contribution in [0.25, 0.3) is 0 Å². The molecule has 0 aliphatic rings. The fraction of sp³-hybridized carbons (Fsp3) is 0.0500. The van der Waals surface area contributed by atoms with Gasteiger partial charge in [0.15, 0.2) is 5.78 Å². The van der Waals surface area contributed by atoms with Crippen molar-refractivity contribution in [2.45, 2.75) is 0 Å². The molecule has 25 heavy (non-hydrogen) atoms. The molecule has 1 aromatic heterocycles. The third-order valence-corrected chi connectivity index (χ3v) is 3.66. The van der Waals surface area contributed by atoms with Gasteiger partial charge in [-0.3, -0.25) is 9.59 Å². The Morgan fingerprint density at radius 2 is 1.56 bits per heavy atom. The average Bonchev–Trinajstić information content (AvgIpc) is 2.68. The number of methoxy groups -OCH3 is 1. The van der Waals surface area contributed by atoms with Gasteiger partial charge in [-0.2, -0.15) is 0 Å². The van der Waals surface area contributed by atoms with Crippen LogP contribution in [0.15, 0.2) is 72.9 Å². The van der Waals surface area contributed by atoms with Crippen molar-refractivity contribution < 1.29 is 14.3 Å². The lowest BCUT2D eigenvalue weighted by Crippen LogP contribution is -2.17. The second-order valence-electron chi connectivity index (χ2n) is 5.28. The summed E-state index contributed by atoms with van der Waals surface area (Å²) in [4.78, 5) is 29.3. The van der Waals surface area contributed by atoms with Gasteiger partial charge >= 0.3 is 0 Å². The number of rotatable bonds is 5. The third-order valence-electron chi connectivity index (χ3n) is 3.66. The van der Waals surface area contributed by atoms with Crippen molar-refractivity contribution in [3.05, 3.63) is 89.6 Å². The van der Waals surface area contributed by atoms with Crippen molar-refractivity contribution in [3.63, 3.8) is 0 Å². The van der Waals surface area contributed by atoms with Crippen LogP contribution in [-0.2, 0) is 0 Å². The number of nitrogens with zero attached hydrogens (tertiary/aromatic N) is 1. The van der Waals surface area contributed by atoms with E-state index in [-0.39, 0.29) is 11.7 Å². The van der Waals surface area contributed by atoms with Gasteiger partial charge in [0.2, 0.25) is 5.88 Å². The molecule has 0 aliphatic heterocycles. The molecule has 0 spiro atoms. The van der Waals surface area contributed by atoms with Crippen LogP contribution in [0, 0.1) is 0 Å². The van der Waals surface area contributed by atoms with Crippen molar-refractivity contribution >= 4 is 17.4 Å². The summed E-state index contributed by atoms with van der Waals surface area (Å²) in [6.07, 6.45) is 1.50. The molecule has 0 unspecified atom stereocenters. The van der Waals surface area contributed by atoms with Gasteiger partial charge in [-0.15, -0.1) is 0 Å². The van der Waals surface area contributed by atoms with E-state index >= 15 is 0 Å². The monoisotopic (exact) mass is 332 g/mol. The Hall–Kier alpha value is -3.47. The topological polar surface area (TPSA) is 68.3 Å². The fourth-order valence-corrected chi connectivity index (χ4v) is 2.40. The number of amides is 1. The van der Waals surface area contributed by atoms with Crippen LogP contribution >= 0.6 is 0 Å². The summed E-state index contributed by atoms with van der Waals surface area (Å²) >= 11 is 0. The molecule has 5 heteroatoms. The summed E-state index contributed by atoms with van der Waals surface area (Å²) in [5.41, 5.74) is 1.72. The summed E-state index contributed by atoms with van der Waals surface area (Å²) in [6, 6.07) is 18.9. The third kappa shape index (κ3) is 3.72. The van der Waals surface area contributed by atoms with E-state index in [4.69, 9.17) is 4.74 Å². The zero-order valence-electron chi connectivity index (χ0n) is 13.6. The minimum atomic E-state index is -0.369. The number of ether oxygens (including phenoxy) is 1. The van der Waals surface area contributed by atoms with Crippen LogP contribution in [0.4, 0.5) is 5.69 Å². The predicted octanol–water partition coefficient (Wildman–Crippen LogP) is 3.57. The molecule has 3 rings (SSSR count). The van der Waals surface area contributed by atoms with Crippen molar-refractivity contribution in [2.24, 2.45) is 0 Å². The zero-order chi connectivity index (χ0) is 17.6. The molecule has 1 N–H and O–H groups in total. The lowest BCUT2D eigenvalue weighted by atomic mass is 9.98. The Bertz CT molecular complexity index is 890. The molecule has 2 aromatic carbocycles. The lowest BCUT2D eigenvalue weighted by molar-refractivity contribution is 0.0996. The molecule has 0 saturated carbocycles. The van der Waals surface area contributed by atoms with E-state index in [1.807, 2.05) is 6.07 Å². The molecule has 1 heterocycles. The van der Waals surface area contributed by atoms with Crippen molar-refractivity contribution in [3.8, 4) is 5.88 Å². The van der Waals surface area contributed by atoms with Crippen LogP contribution in [0.1, 0.15) is 26.3 Å². The Morgan fingerprint density at radius 1 is 0.880 bits per heavy atom. The Balaban J connectivity index is 1.87. The molecule has 3 aromatic rings. The lowest BCUT2D eigenvalue weighted by Gasteiger charge is -2.10. The maximum atomic E-state index is 12.7. The van der Waals surface area contributed by atoms with Crippen molar-refractivity contribution in [2.75, 3.05) is 12.4 Å². The summed E-state index contributed by atoms with van der Waals surface area (Å²) in [7, 11) is 1.52. The van der Waals surface area contributed by atoms with E-state index in [0.29, 0.717) is 28.3 Å². The first kappa shape index (κ1) is 16.4. The van der Waals surface area contributed by atoms with Crippen LogP contribution < -0.4 is 10.1 Å². The first-order valence-corrected chi connectivity index (χ1v) is 7.69. The normalized spacial score (nSPS) is 10.1. The number of benzene rings is 2. The highest BCUT2D eigenvalue weighted by molar-refractivity contribution is 6.17. The van der Waals surface area contributed by atoms with Gasteiger partial charge in [0.05, 0.1) is 24.6 Å². The number of aromatic nitrogens is 1. The maximum absolute atomic E-state index is 12.7. The number of pyridine rings is 1. The number of nitrogens with one attached hydrogen (secondary N) is 1. The van der Waals surface area contributed by atoms with E-state index < -0.39 is 0 Å². The molecule has 1 amide bonds. The predicted molar refractivity (Wildman–Crippen MR) is 95.1 cm³/mol. The van der Waals surface area contributed by atoms with Gasteiger partial charge in [-0.1, -0.05) is 48.5 Å². The van der Waals surface area contributed by atoms with Crippen molar-refractivity contribution in [1.29, 1.82) is 0 Å². The second kappa shape index (κ2) is 7.40. The summed E-state index contributed by atoms with van der Waals surface area (Å²) in [6.45, 7) is 0. The molecule has 0 fully saturated rings. The number of carbonyl (C=O) groups is 2. The van der Waals surface area contributed by atoms with Crippen LogP contribution in [0.5, 0.6) is 5.88 Å². The molecule has 0 radical (unpaired) electrons. The number of hydrogen-bond acceptors (Lipinski definition) is 4.